The van der Waals surface area contributed by atoms with Gasteiger partial charge in [-0.25, -0.2) is 4.21 Å². The maximum Gasteiger partial charge on any atom is 0.150 e. The molecule has 0 heterocycles. The number of benzene rings is 3. The molecule has 3 aromatic carbocycles. The molecule has 0 saturated heterocycles. The predicted octanol–water partition coefficient (Wildman–Crippen LogP) is 4.40. The summed E-state index contributed by atoms with van der Waals surface area (Å²) in [5.74, 6) is 0. The van der Waals surface area contributed by atoms with Crippen LogP contribution in [0.2, 0.25) is 0 Å². The zero-order valence-corrected chi connectivity index (χ0v) is 15.0. The Morgan fingerprint density at radius 3 is 1.60 bits per heavy atom. The number of aldehydes is 1. The van der Waals surface area contributed by atoms with Gasteiger partial charge in [0, 0.05) is 35.1 Å². The van der Waals surface area contributed by atoms with Crippen molar-refractivity contribution in [2.75, 3.05) is 19.0 Å². The lowest BCUT2D eigenvalue weighted by Gasteiger charge is -2.12. The Morgan fingerprint density at radius 1 is 0.720 bits per heavy atom. The Hall–Kier alpha value is -2.72. The lowest BCUT2D eigenvalue weighted by Crippen LogP contribution is -2.08. The minimum atomic E-state index is -1.20. The van der Waals surface area contributed by atoms with Crippen LogP contribution in [0.25, 0.3) is 11.1 Å². The first kappa shape index (κ1) is 17.1. The minimum Gasteiger partial charge on any atom is -0.378 e. The Morgan fingerprint density at radius 2 is 1.16 bits per heavy atom. The van der Waals surface area contributed by atoms with Crippen LogP contribution in [0.15, 0.2) is 82.6 Å². The highest BCUT2D eigenvalue weighted by atomic mass is 32.2. The van der Waals surface area contributed by atoms with Crippen molar-refractivity contribution in [3.8, 4) is 11.1 Å². The third kappa shape index (κ3) is 3.86. The van der Waals surface area contributed by atoms with Crippen molar-refractivity contribution in [3.63, 3.8) is 0 Å². The normalized spacial score (nSPS) is 11.8. The van der Waals surface area contributed by atoms with Crippen LogP contribution in [0.3, 0.4) is 0 Å². The van der Waals surface area contributed by atoms with Crippen molar-refractivity contribution in [2.45, 2.75) is 9.79 Å². The van der Waals surface area contributed by atoms with Gasteiger partial charge in [-0.1, -0.05) is 36.4 Å². The summed E-state index contributed by atoms with van der Waals surface area (Å²) in [6.07, 6.45) is 0.831. The molecule has 0 fully saturated rings. The van der Waals surface area contributed by atoms with E-state index in [-0.39, 0.29) is 0 Å². The Kier molecular flexibility index (Phi) is 5.10. The molecule has 3 rings (SSSR count). The molecule has 4 heteroatoms. The average Bonchev–Trinajstić information content (AvgIpc) is 2.67. The molecule has 126 valence electrons. The minimum absolute atomic E-state index is 0.655. The van der Waals surface area contributed by atoms with E-state index < -0.39 is 10.8 Å². The monoisotopic (exact) mass is 349 g/mol. The van der Waals surface area contributed by atoms with E-state index in [1.165, 1.54) is 0 Å². The number of hydrogen-bond acceptors (Lipinski definition) is 3. The molecule has 0 aromatic heterocycles. The Labute approximate surface area is 150 Å². The third-order valence-corrected chi connectivity index (χ3v) is 5.42. The molecule has 0 aliphatic rings. The molecule has 3 nitrogen and oxygen atoms in total. The van der Waals surface area contributed by atoms with Gasteiger partial charge in [-0.05, 0) is 47.5 Å². The molecule has 0 aliphatic heterocycles. The number of nitrogens with zero attached hydrogens (tertiary/aromatic N) is 1. The molecule has 0 N–H and O–H groups in total. The molecule has 0 spiro atoms. The third-order valence-electron chi connectivity index (χ3n) is 4.02. The fraction of sp³-hybridized carbons (Fsp3) is 0.0952. The average molecular weight is 349 g/mol. The van der Waals surface area contributed by atoms with Crippen molar-refractivity contribution >= 4 is 22.8 Å². The summed E-state index contributed by atoms with van der Waals surface area (Å²) < 4.78 is 12.7. The summed E-state index contributed by atoms with van der Waals surface area (Å²) in [6.45, 7) is 0. The van der Waals surface area contributed by atoms with E-state index in [9.17, 15) is 9.00 Å². The van der Waals surface area contributed by atoms with Crippen LogP contribution in [0, 0.1) is 0 Å². The van der Waals surface area contributed by atoms with Crippen molar-refractivity contribution in [2.24, 2.45) is 0 Å². The first-order valence-corrected chi connectivity index (χ1v) is 9.08. The number of rotatable bonds is 5. The van der Waals surface area contributed by atoms with E-state index in [1.54, 1.807) is 12.1 Å². The number of hydrogen-bond donors (Lipinski definition) is 0. The van der Waals surface area contributed by atoms with Crippen molar-refractivity contribution in [3.05, 3.63) is 78.4 Å². The fourth-order valence-electron chi connectivity index (χ4n) is 2.53. The van der Waals surface area contributed by atoms with E-state index in [4.69, 9.17) is 0 Å². The zero-order chi connectivity index (χ0) is 17.8. The van der Waals surface area contributed by atoms with Crippen LogP contribution in [0.5, 0.6) is 0 Å². The molecule has 0 radical (unpaired) electrons. The van der Waals surface area contributed by atoms with E-state index >= 15 is 0 Å². The standard InChI is InChI=1S/C21H19NO2S/c1-22(2)19-9-13-21(14-10-19)25(24)20-11-7-18(8-12-20)17-5-3-16(15-23)4-6-17/h3-15H,1-2H3. The van der Waals surface area contributed by atoms with Crippen LogP contribution in [-0.4, -0.2) is 24.6 Å². The molecule has 25 heavy (non-hydrogen) atoms. The molecule has 0 saturated carbocycles. The maximum atomic E-state index is 12.7. The van der Waals surface area contributed by atoms with Gasteiger partial charge < -0.3 is 4.90 Å². The Bertz CT molecular complexity index is 883. The van der Waals surface area contributed by atoms with Gasteiger partial charge in [0.1, 0.15) is 6.29 Å². The highest BCUT2D eigenvalue weighted by Crippen LogP contribution is 2.24. The maximum absolute atomic E-state index is 12.7. The van der Waals surface area contributed by atoms with E-state index in [0.717, 1.165) is 32.9 Å². The van der Waals surface area contributed by atoms with Gasteiger partial charge >= 0.3 is 0 Å². The highest BCUT2D eigenvalue weighted by Gasteiger charge is 2.08. The fourth-order valence-corrected chi connectivity index (χ4v) is 3.57. The van der Waals surface area contributed by atoms with Gasteiger partial charge in [0.05, 0.1) is 10.8 Å². The van der Waals surface area contributed by atoms with Gasteiger partial charge in [0.15, 0.2) is 0 Å². The lowest BCUT2D eigenvalue weighted by atomic mass is 10.0. The molecular formula is C21H19NO2S. The van der Waals surface area contributed by atoms with Crippen molar-refractivity contribution < 1.29 is 9.00 Å². The van der Waals surface area contributed by atoms with E-state index in [1.807, 2.05) is 79.7 Å². The lowest BCUT2D eigenvalue weighted by molar-refractivity contribution is 0.112. The van der Waals surface area contributed by atoms with Gasteiger partial charge in [-0.2, -0.15) is 0 Å². The van der Waals surface area contributed by atoms with Crippen molar-refractivity contribution in [1.82, 2.24) is 0 Å². The van der Waals surface area contributed by atoms with E-state index in [2.05, 4.69) is 0 Å². The predicted molar refractivity (Wildman–Crippen MR) is 103 cm³/mol. The van der Waals surface area contributed by atoms with Gasteiger partial charge in [-0.3, -0.25) is 4.79 Å². The van der Waals surface area contributed by atoms with Crippen LogP contribution in [0.1, 0.15) is 10.4 Å². The summed E-state index contributed by atoms with van der Waals surface area (Å²) in [7, 11) is 2.75. The number of carbonyl (C=O) groups excluding carboxylic acids is 1. The zero-order valence-electron chi connectivity index (χ0n) is 14.2. The summed E-state index contributed by atoms with van der Waals surface area (Å²) >= 11 is 0. The van der Waals surface area contributed by atoms with Crippen LogP contribution in [0.4, 0.5) is 5.69 Å². The topological polar surface area (TPSA) is 37.4 Å². The quantitative estimate of drug-likeness (QED) is 0.641. The molecule has 3 aromatic rings. The smallest absolute Gasteiger partial charge is 0.150 e. The largest absolute Gasteiger partial charge is 0.378 e. The molecule has 0 aliphatic carbocycles. The molecule has 0 amide bonds. The molecule has 1 atom stereocenters. The van der Waals surface area contributed by atoms with Crippen LogP contribution < -0.4 is 4.90 Å². The van der Waals surface area contributed by atoms with Crippen LogP contribution >= 0.6 is 0 Å². The summed E-state index contributed by atoms with van der Waals surface area (Å²) in [4.78, 5) is 14.3. The second kappa shape index (κ2) is 7.45. The van der Waals surface area contributed by atoms with Gasteiger partial charge in [0.25, 0.3) is 0 Å². The van der Waals surface area contributed by atoms with Crippen molar-refractivity contribution in [1.29, 1.82) is 0 Å². The summed E-state index contributed by atoms with van der Waals surface area (Å²) in [5.41, 5.74) is 3.79. The molecular weight excluding hydrogens is 330 g/mol. The highest BCUT2D eigenvalue weighted by molar-refractivity contribution is 7.85. The van der Waals surface area contributed by atoms with Crippen LogP contribution in [-0.2, 0) is 10.8 Å². The second-order valence-corrected chi connectivity index (χ2v) is 7.40. The Balaban J connectivity index is 1.81. The first-order chi connectivity index (χ1) is 12.1. The number of anilines is 1. The summed E-state index contributed by atoms with van der Waals surface area (Å²) in [6, 6.07) is 22.8. The first-order valence-electron chi connectivity index (χ1n) is 7.93. The van der Waals surface area contributed by atoms with Gasteiger partial charge in [-0.15, -0.1) is 0 Å². The van der Waals surface area contributed by atoms with Gasteiger partial charge in [0.2, 0.25) is 0 Å². The molecule has 0 bridgehead atoms. The molecule has 1 unspecified atom stereocenters. The summed E-state index contributed by atoms with van der Waals surface area (Å²) in [5, 5.41) is 0. The van der Waals surface area contributed by atoms with E-state index in [0.29, 0.717) is 5.56 Å². The second-order valence-electron chi connectivity index (χ2n) is 5.92. The number of carbonyl (C=O) groups is 1. The SMILES string of the molecule is CN(C)c1ccc(S(=O)c2ccc(-c3ccc(C=O)cc3)cc2)cc1.